The first kappa shape index (κ1) is 16.3. The molecule has 20 heavy (non-hydrogen) atoms. The van der Waals surface area contributed by atoms with E-state index in [0.717, 1.165) is 6.07 Å². The van der Waals surface area contributed by atoms with E-state index >= 15 is 0 Å². The van der Waals surface area contributed by atoms with Crippen molar-refractivity contribution in [3.05, 3.63) is 23.9 Å². The Morgan fingerprint density at radius 2 is 2.05 bits per heavy atom. The normalized spacial score (nSPS) is 13.2. The fourth-order valence-electron chi connectivity index (χ4n) is 1.68. The van der Waals surface area contributed by atoms with Gasteiger partial charge in [-0.25, -0.2) is 9.78 Å². The minimum atomic E-state index is -4.52. The molecule has 0 amide bonds. The van der Waals surface area contributed by atoms with Gasteiger partial charge in [0.1, 0.15) is 17.6 Å². The maximum absolute atomic E-state index is 12.6. The Morgan fingerprint density at radius 1 is 1.40 bits per heavy atom. The van der Waals surface area contributed by atoms with Crippen molar-refractivity contribution in [1.29, 1.82) is 0 Å². The molecular formula is C13H17F3N2O2. The molecule has 1 atom stereocenters. The maximum Gasteiger partial charge on any atom is 0.433 e. The van der Waals surface area contributed by atoms with E-state index in [1.807, 2.05) is 13.8 Å². The average Bonchev–Trinajstić information content (AvgIpc) is 2.36. The molecule has 1 N–H and O–H groups in total. The molecule has 0 spiro atoms. The van der Waals surface area contributed by atoms with Gasteiger partial charge in [-0.2, -0.15) is 13.2 Å². The summed E-state index contributed by atoms with van der Waals surface area (Å²) in [5.41, 5.74) is -1.00. The highest BCUT2D eigenvalue weighted by molar-refractivity contribution is 5.78. The Hall–Kier alpha value is -1.79. The van der Waals surface area contributed by atoms with E-state index in [2.05, 4.69) is 15.0 Å². The minimum Gasteiger partial charge on any atom is -0.467 e. The smallest absolute Gasteiger partial charge is 0.433 e. The molecule has 0 fully saturated rings. The number of nitrogens with zero attached hydrogens (tertiary/aromatic N) is 1. The van der Waals surface area contributed by atoms with E-state index in [4.69, 9.17) is 0 Å². The van der Waals surface area contributed by atoms with E-state index in [0.29, 0.717) is 6.42 Å². The summed E-state index contributed by atoms with van der Waals surface area (Å²) in [6, 6.07) is 2.77. The summed E-state index contributed by atoms with van der Waals surface area (Å²) in [6.07, 6.45) is -4.08. The molecule has 0 radical (unpaired) electrons. The Balaban J connectivity index is 2.91. The van der Waals surface area contributed by atoms with Crippen molar-refractivity contribution in [2.24, 2.45) is 5.92 Å². The summed E-state index contributed by atoms with van der Waals surface area (Å²) in [6.45, 7) is 3.80. The quantitative estimate of drug-likeness (QED) is 0.847. The third-order valence-corrected chi connectivity index (χ3v) is 2.55. The molecule has 0 aromatic carbocycles. The summed E-state index contributed by atoms with van der Waals surface area (Å²) in [4.78, 5) is 15.1. The second-order valence-electron chi connectivity index (χ2n) is 4.76. The third kappa shape index (κ3) is 4.71. The lowest BCUT2D eigenvalue weighted by Gasteiger charge is -2.19. The Kier molecular flexibility index (Phi) is 5.35. The van der Waals surface area contributed by atoms with Crippen LogP contribution in [0.5, 0.6) is 0 Å². The molecular weight excluding hydrogens is 273 g/mol. The number of ether oxygens (including phenoxy) is 1. The Morgan fingerprint density at radius 3 is 2.55 bits per heavy atom. The number of aromatic nitrogens is 1. The molecule has 0 aliphatic carbocycles. The molecule has 0 saturated carbocycles. The molecule has 1 rings (SSSR count). The van der Waals surface area contributed by atoms with Gasteiger partial charge in [0.15, 0.2) is 0 Å². The SMILES string of the molecule is COC(=O)C(CC(C)C)Nc1cccc(C(F)(F)F)n1. The lowest BCUT2D eigenvalue weighted by Crippen LogP contribution is -2.32. The number of esters is 1. The van der Waals surface area contributed by atoms with Crippen LogP contribution in [-0.4, -0.2) is 24.1 Å². The fraction of sp³-hybridized carbons (Fsp3) is 0.538. The van der Waals surface area contributed by atoms with E-state index in [1.165, 1.54) is 19.2 Å². The Labute approximate surface area is 115 Å². The largest absolute Gasteiger partial charge is 0.467 e. The summed E-state index contributed by atoms with van der Waals surface area (Å²) in [5.74, 6) is -0.355. The summed E-state index contributed by atoms with van der Waals surface area (Å²) in [5, 5.41) is 2.69. The number of rotatable bonds is 5. The molecule has 1 heterocycles. The van der Waals surface area contributed by atoms with Crippen LogP contribution in [0.2, 0.25) is 0 Å². The van der Waals surface area contributed by atoms with Gasteiger partial charge in [0, 0.05) is 0 Å². The number of anilines is 1. The van der Waals surface area contributed by atoms with Gasteiger partial charge >= 0.3 is 12.1 Å². The predicted molar refractivity (Wildman–Crippen MR) is 68.1 cm³/mol. The lowest BCUT2D eigenvalue weighted by molar-refractivity contribution is -0.142. The van der Waals surface area contributed by atoms with E-state index < -0.39 is 23.9 Å². The van der Waals surface area contributed by atoms with Crippen LogP contribution in [0.1, 0.15) is 26.0 Å². The van der Waals surface area contributed by atoms with Crippen LogP contribution < -0.4 is 5.32 Å². The number of pyridine rings is 1. The van der Waals surface area contributed by atoms with Gasteiger partial charge in [-0.05, 0) is 24.5 Å². The first-order valence-electron chi connectivity index (χ1n) is 6.12. The molecule has 7 heteroatoms. The second kappa shape index (κ2) is 6.58. The van der Waals surface area contributed by atoms with Crippen molar-refractivity contribution >= 4 is 11.8 Å². The van der Waals surface area contributed by atoms with Gasteiger partial charge < -0.3 is 10.1 Å². The minimum absolute atomic E-state index is 0.00382. The van der Waals surface area contributed by atoms with Gasteiger partial charge in [-0.3, -0.25) is 0 Å². The number of carbonyl (C=O) groups is 1. The first-order valence-corrected chi connectivity index (χ1v) is 6.12. The fourth-order valence-corrected chi connectivity index (χ4v) is 1.68. The molecule has 0 bridgehead atoms. The molecule has 4 nitrogen and oxygen atoms in total. The summed E-state index contributed by atoms with van der Waals surface area (Å²) < 4.78 is 42.3. The van der Waals surface area contributed by atoms with Crippen molar-refractivity contribution in [2.75, 3.05) is 12.4 Å². The number of nitrogens with one attached hydrogen (secondary N) is 1. The maximum atomic E-state index is 12.6. The van der Waals surface area contributed by atoms with Crippen LogP contribution in [0.4, 0.5) is 19.0 Å². The zero-order valence-electron chi connectivity index (χ0n) is 11.5. The van der Waals surface area contributed by atoms with Gasteiger partial charge in [0.05, 0.1) is 7.11 Å². The molecule has 112 valence electrons. The molecule has 0 aliphatic rings. The van der Waals surface area contributed by atoms with Crippen LogP contribution in [-0.2, 0) is 15.7 Å². The van der Waals surface area contributed by atoms with Gasteiger partial charge in [0.2, 0.25) is 0 Å². The lowest BCUT2D eigenvalue weighted by atomic mass is 10.0. The third-order valence-electron chi connectivity index (χ3n) is 2.55. The second-order valence-corrected chi connectivity index (χ2v) is 4.76. The number of hydrogen-bond acceptors (Lipinski definition) is 4. The highest BCUT2D eigenvalue weighted by Crippen LogP contribution is 2.28. The van der Waals surface area contributed by atoms with E-state index in [9.17, 15) is 18.0 Å². The van der Waals surface area contributed by atoms with Crippen molar-refractivity contribution in [2.45, 2.75) is 32.5 Å². The first-order chi connectivity index (χ1) is 9.24. The highest BCUT2D eigenvalue weighted by atomic mass is 19.4. The zero-order valence-corrected chi connectivity index (χ0v) is 11.5. The van der Waals surface area contributed by atoms with Crippen LogP contribution in [0, 0.1) is 5.92 Å². The molecule has 1 unspecified atom stereocenters. The van der Waals surface area contributed by atoms with Crippen LogP contribution in [0.25, 0.3) is 0 Å². The number of alkyl halides is 3. The van der Waals surface area contributed by atoms with Crippen molar-refractivity contribution in [3.8, 4) is 0 Å². The molecule has 1 aromatic rings. The van der Waals surface area contributed by atoms with Crippen LogP contribution in [0.15, 0.2) is 18.2 Å². The van der Waals surface area contributed by atoms with Crippen molar-refractivity contribution in [3.63, 3.8) is 0 Å². The molecule has 1 aromatic heterocycles. The van der Waals surface area contributed by atoms with Crippen LogP contribution >= 0.6 is 0 Å². The van der Waals surface area contributed by atoms with Gasteiger partial charge in [-0.1, -0.05) is 19.9 Å². The number of halogens is 3. The zero-order chi connectivity index (χ0) is 15.3. The summed E-state index contributed by atoms with van der Waals surface area (Å²) >= 11 is 0. The average molecular weight is 290 g/mol. The van der Waals surface area contributed by atoms with E-state index in [-0.39, 0.29) is 11.7 Å². The van der Waals surface area contributed by atoms with Crippen molar-refractivity contribution < 1.29 is 22.7 Å². The van der Waals surface area contributed by atoms with Crippen molar-refractivity contribution in [1.82, 2.24) is 4.98 Å². The van der Waals surface area contributed by atoms with E-state index in [1.54, 1.807) is 0 Å². The summed E-state index contributed by atoms with van der Waals surface area (Å²) in [7, 11) is 1.23. The van der Waals surface area contributed by atoms with Crippen LogP contribution in [0.3, 0.4) is 0 Å². The van der Waals surface area contributed by atoms with Gasteiger partial charge in [0.25, 0.3) is 0 Å². The molecule has 0 aliphatic heterocycles. The standard InChI is InChI=1S/C13H17F3N2O2/c1-8(2)7-9(12(19)20-3)17-11-6-4-5-10(18-11)13(14,15)16/h4-6,8-9H,7H2,1-3H3,(H,17,18). The monoisotopic (exact) mass is 290 g/mol. The molecule has 0 saturated heterocycles. The topological polar surface area (TPSA) is 51.2 Å². The number of methoxy groups -OCH3 is 1. The van der Waals surface area contributed by atoms with Gasteiger partial charge in [-0.15, -0.1) is 0 Å². The number of hydrogen-bond donors (Lipinski definition) is 1. The highest BCUT2D eigenvalue weighted by Gasteiger charge is 2.32. The number of carbonyl (C=O) groups excluding carboxylic acids is 1. The Bertz CT molecular complexity index is 461. The predicted octanol–water partition coefficient (Wildman–Crippen LogP) is 3.10.